The lowest BCUT2D eigenvalue weighted by Gasteiger charge is -2.32. The second kappa shape index (κ2) is 7.78. The monoisotopic (exact) mass is 436 g/mol. The fourth-order valence-electron chi connectivity index (χ4n) is 4.78. The number of amidine groups is 1. The summed E-state index contributed by atoms with van der Waals surface area (Å²) >= 11 is 8.44. The summed E-state index contributed by atoms with van der Waals surface area (Å²) in [4.78, 5) is 12.4. The van der Waals surface area contributed by atoms with Crippen LogP contribution < -0.4 is 0 Å². The van der Waals surface area contributed by atoms with Crippen molar-refractivity contribution in [1.82, 2.24) is 14.5 Å². The zero-order valence-corrected chi connectivity index (χ0v) is 19.0. The van der Waals surface area contributed by atoms with Gasteiger partial charge in [0.15, 0.2) is 5.17 Å². The Hall–Kier alpha value is -2.24. The molecule has 1 aromatic carbocycles. The molecule has 4 heterocycles. The Balaban J connectivity index is 1.66. The van der Waals surface area contributed by atoms with Crippen LogP contribution in [0.1, 0.15) is 48.1 Å². The van der Waals surface area contributed by atoms with Crippen LogP contribution in [0, 0.1) is 13.8 Å². The van der Waals surface area contributed by atoms with Gasteiger partial charge in [-0.1, -0.05) is 48.5 Å². The van der Waals surface area contributed by atoms with Gasteiger partial charge >= 0.3 is 0 Å². The number of pyridine rings is 1. The van der Waals surface area contributed by atoms with E-state index in [1.165, 1.54) is 17.0 Å². The maximum Gasteiger partial charge on any atom is 0.160 e. The molecule has 6 heteroatoms. The first kappa shape index (κ1) is 19.7. The summed E-state index contributed by atoms with van der Waals surface area (Å²) in [6, 6.07) is 17.1. The number of aliphatic imine (C=N–C) groups is 1. The molecule has 4 nitrogen and oxygen atoms in total. The number of aromatic nitrogens is 2. The van der Waals surface area contributed by atoms with Gasteiger partial charge in [-0.15, -0.1) is 0 Å². The van der Waals surface area contributed by atoms with Gasteiger partial charge in [-0.05, 0) is 56.2 Å². The van der Waals surface area contributed by atoms with Crippen LogP contribution in [0.5, 0.6) is 0 Å². The Bertz CT molecular complexity index is 1110. The number of hydrogen-bond donors (Lipinski definition) is 0. The molecule has 3 atom stereocenters. The van der Waals surface area contributed by atoms with Crippen LogP contribution in [-0.4, -0.2) is 31.4 Å². The van der Waals surface area contributed by atoms with Gasteiger partial charge in [-0.3, -0.25) is 9.98 Å². The number of para-hydroxylation sites is 1. The van der Waals surface area contributed by atoms with Gasteiger partial charge in [0.05, 0.1) is 22.4 Å². The zero-order valence-electron chi connectivity index (χ0n) is 17.4. The number of hydrogen-bond acceptors (Lipinski definition) is 4. The summed E-state index contributed by atoms with van der Waals surface area (Å²) in [6.07, 6.45) is 2.98. The van der Waals surface area contributed by atoms with Crippen LogP contribution in [0.25, 0.3) is 5.69 Å². The highest BCUT2D eigenvalue weighted by Crippen LogP contribution is 2.49. The SMILES string of the molecule is CC[C@@H]1CSC2=N[C@H](c3ccccn3)[C@H](c3cc(C)n(-c4ccccc4Cl)c3C)N21. The average Bonchev–Trinajstić information content (AvgIpc) is 3.41. The number of benzene rings is 1. The third-order valence-electron chi connectivity index (χ3n) is 6.21. The standard InChI is InChI=1S/C24H25ClN4S/c1-4-17-14-30-24-27-22(20-10-7-8-12-26-20)23(29(17)24)18-13-15(2)28(16(18)3)21-11-6-5-9-19(21)25/h5-13,17,22-23H,4,14H2,1-3H3/t17-,22-,23+/m1/s1. The molecule has 1 fully saturated rings. The number of thioether (sulfide) groups is 1. The van der Waals surface area contributed by atoms with Crippen LogP contribution in [0.4, 0.5) is 0 Å². The lowest BCUT2D eigenvalue weighted by Crippen LogP contribution is -2.35. The van der Waals surface area contributed by atoms with E-state index in [1.807, 2.05) is 42.2 Å². The van der Waals surface area contributed by atoms with E-state index >= 15 is 0 Å². The van der Waals surface area contributed by atoms with E-state index < -0.39 is 0 Å². The van der Waals surface area contributed by atoms with Gasteiger partial charge in [0.2, 0.25) is 0 Å². The number of fused-ring (bicyclic) bond motifs is 1. The minimum absolute atomic E-state index is 0.00300. The third kappa shape index (κ3) is 3.07. The van der Waals surface area contributed by atoms with E-state index in [2.05, 4.69) is 59.5 Å². The molecule has 154 valence electrons. The molecule has 1 saturated heterocycles. The first-order valence-electron chi connectivity index (χ1n) is 10.4. The Morgan fingerprint density at radius 2 is 1.93 bits per heavy atom. The molecule has 0 unspecified atom stereocenters. The lowest BCUT2D eigenvalue weighted by molar-refractivity contribution is 0.254. The van der Waals surface area contributed by atoms with E-state index in [0.29, 0.717) is 6.04 Å². The summed E-state index contributed by atoms with van der Waals surface area (Å²) < 4.78 is 2.27. The van der Waals surface area contributed by atoms with E-state index in [-0.39, 0.29) is 12.1 Å². The van der Waals surface area contributed by atoms with Crippen molar-refractivity contribution in [2.75, 3.05) is 5.75 Å². The molecule has 0 saturated carbocycles. The van der Waals surface area contributed by atoms with Gasteiger partial charge in [-0.25, -0.2) is 0 Å². The average molecular weight is 437 g/mol. The molecule has 0 aliphatic carbocycles. The predicted molar refractivity (Wildman–Crippen MR) is 126 cm³/mol. The summed E-state index contributed by atoms with van der Waals surface area (Å²) in [7, 11) is 0. The molecular weight excluding hydrogens is 412 g/mol. The number of aryl methyl sites for hydroxylation is 1. The molecule has 2 aliphatic heterocycles. The summed E-state index contributed by atoms with van der Waals surface area (Å²) in [5.41, 5.74) is 5.76. The molecule has 30 heavy (non-hydrogen) atoms. The van der Waals surface area contributed by atoms with Crippen LogP contribution in [0.2, 0.25) is 5.02 Å². The summed E-state index contributed by atoms with van der Waals surface area (Å²) in [6.45, 7) is 6.62. The van der Waals surface area contributed by atoms with Crippen molar-refractivity contribution in [2.45, 2.75) is 45.3 Å². The second-order valence-electron chi connectivity index (χ2n) is 7.95. The smallest absolute Gasteiger partial charge is 0.160 e. The molecule has 0 spiro atoms. The largest absolute Gasteiger partial charge is 0.338 e. The Kier molecular flexibility index (Phi) is 5.11. The molecule has 5 rings (SSSR count). The van der Waals surface area contributed by atoms with Crippen molar-refractivity contribution in [3.8, 4) is 5.69 Å². The first-order valence-corrected chi connectivity index (χ1v) is 11.8. The lowest BCUT2D eigenvalue weighted by atomic mass is 9.95. The van der Waals surface area contributed by atoms with Crippen molar-refractivity contribution in [3.63, 3.8) is 0 Å². The minimum Gasteiger partial charge on any atom is -0.338 e. The van der Waals surface area contributed by atoms with Gasteiger partial charge in [-0.2, -0.15) is 0 Å². The van der Waals surface area contributed by atoms with Gasteiger partial charge in [0.1, 0.15) is 6.04 Å². The highest BCUT2D eigenvalue weighted by atomic mass is 35.5. The topological polar surface area (TPSA) is 33.4 Å². The molecule has 0 N–H and O–H groups in total. The molecule has 0 bridgehead atoms. The van der Waals surface area contributed by atoms with Crippen molar-refractivity contribution < 1.29 is 0 Å². The van der Waals surface area contributed by atoms with Crippen LogP contribution in [-0.2, 0) is 0 Å². The van der Waals surface area contributed by atoms with E-state index in [0.717, 1.165) is 33.7 Å². The zero-order chi connectivity index (χ0) is 20.8. The highest BCUT2D eigenvalue weighted by Gasteiger charge is 2.46. The van der Waals surface area contributed by atoms with Crippen molar-refractivity contribution in [1.29, 1.82) is 0 Å². The molecular formula is C24H25ClN4S. The predicted octanol–water partition coefficient (Wildman–Crippen LogP) is 6.12. The quantitative estimate of drug-likeness (QED) is 0.493. The van der Waals surface area contributed by atoms with Crippen molar-refractivity contribution in [3.05, 3.63) is 82.4 Å². The van der Waals surface area contributed by atoms with Crippen LogP contribution in [0.3, 0.4) is 0 Å². The fraction of sp³-hybridized carbons (Fsp3) is 0.333. The fourth-order valence-corrected chi connectivity index (χ4v) is 6.34. The van der Waals surface area contributed by atoms with E-state index in [4.69, 9.17) is 16.6 Å². The Labute approximate surface area is 187 Å². The molecule has 2 aliphatic rings. The van der Waals surface area contributed by atoms with Gasteiger partial charge < -0.3 is 9.47 Å². The van der Waals surface area contributed by atoms with E-state index in [1.54, 1.807) is 0 Å². The van der Waals surface area contributed by atoms with Gasteiger partial charge in [0, 0.05) is 29.4 Å². The molecule has 0 amide bonds. The van der Waals surface area contributed by atoms with Crippen LogP contribution >= 0.6 is 23.4 Å². The van der Waals surface area contributed by atoms with Crippen LogP contribution in [0.15, 0.2) is 59.7 Å². The Morgan fingerprint density at radius 3 is 2.67 bits per heavy atom. The maximum absolute atomic E-state index is 6.56. The number of halogens is 1. The normalized spacial score (nSPS) is 23.0. The first-order chi connectivity index (χ1) is 14.6. The number of rotatable bonds is 4. The second-order valence-corrected chi connectivity index (χ2v) is 9.34. The molecule has 2 aromatic heterocycles. The molecule has 3 aromatic rings. The third-order valence-corrected chi connectivity index (χ3v) is 7.66. The van der Waals surface area contributed by atoms with E-state index in [9.17, 15) is 0 Å². The highest BCUT2D eigenvalue weighted by molar-refractivity contribution is 8.14. The maximum atomic E-state index is 6.56. The van der Waals surface area contributed by atoms with Crippen molar-refractivity contribution in [2.24, 2.45) is 4.99 Å². The summed E-state index contributed by atoms with van der Waals surface area (Å²) in [5.74, 6) is 1.10. The Morgan fingerprint density at radius 1 is 1.13 bits per heavy atom. The minimum atomic E-state index is 0.00300. The summed E-state index contributed by atoms with van der Waals surface area (Å²) in [5, 5.41) is 1.92. The number of nitrogens with zero attached hydrogens (tertiary/aromatic N) is 4. The molecule has 0 radical (unpaired) electrons. The van der Waals surface area contributed by atoms with Gasteiger partial charge in [0.25, 0.3) is 0 Å². The van der Waals surface area contributed by atoms with Crippen molar-refractivity contribution >= 4 is 28.5 Å².